The van der Waals surface area contributed by atoms with Crippen molar-refractivity contribution in [3.8, 4) is 0 Å². The van der Waals surface area contributed by atoms with E-state index in [4.69, 9.17) is 5.11 Å². The number of hydrogen-bond acceptors (Lipinski definition) is 2. The van der Waals surface area contributed by atoms with E-state index in [1.807, 2.05) is 13.0 Å². The van der Waals surface area contributed by atoms with Gasteiger partial charge in [0.15, 0.2) is 0 Å². The van der Waals surface area contributed by atoms with Gasteiger partial charge in [0, 0.05) is 18.5 Å². The lowest BCUT2D eigenvalue weighted by Gasteiger charge is -1.95. The summed E-state index contributed by atoms with van der Waals surface area (Å²) in [6.45, 7) is 1.91. The highest BCUT2D eigenvalue weighted by Crippen LogP contribution is 2.06. The maximum absolute atomic E-state index is 10.2. The lowest BCUT2D eigenvalue weighted by Crippen LogP contribution is -1.87. The number of hydrogen-bond donors (Lipinski definition) is 1. The van der Waals surface area contributed by atoms with Crippen molar-refractivity contribution in [1.29, 1.82) is 0 Å². The molecular weight excluding hydrogens is 154 g/mol. The summed E-state index contributed by atoms with van der Waals surface area (Å²) in [6, 6.07) is 1.83. The van der Waals surface area contributed by atoms with E-state index in [2.05, 4.69) is 4.98 Å². The van der Waals surface area contributed by atoms with Crippen molar-refractivity contribution >= 4 is 12.0 Å². The minimum atomic E-state index is -0.946. The minimum absolute atomic E-state index is 0.833. The predicted molar refractivity (Wildman–Crippen MR) is 45.6 cm³/mol. The molecule has 1 heterocycles. The average Bonchev–Trinajstić information content (AvgIpc) is 2.03. The number of pyridine rings is 1. The molecule has 0 aromatic carbocycles. The highest BCUT2D eigenvalue weighted by atomic mass is 16.4. The van der Waals surface area contributed by atoms with Crippen LogP contribution in [0.3, 0.4) is 0 Å². The summed E-state index contributed by atoms with van der Waals surface area (Å²) in [7, 11) is 0. The van der Waals surface area contributed by atoms with Crippen molar-refractivity contribution in [2.75, 3.05) is 0 Å². The van der Waals surface area contributed by atoms with Crippen molar-refractivity contribution in [1.82, 2.24) is 4.98 Å². The van der Waals surface area contributed by atoms with Crippen molar-refractivity contribution in [2.45, 2.75) is 6.92 Å². The second-order valence-electron chi connectivity index (χ2n) is 2.40. The molecular formula is C9H9NO2. The molecule has 0 radical (unpaired) electrons. The van der Waals surface area contributed by atoms with E-state index < -0.39 is 5.97 Å². The fraction of sp³-hybridized carbons (Fsp3) is 0.111. The Hall–Kier alpha value is -1.64. The van der Waals surface area contributed by atoms with Crippen LogP contribution in [-0.2, 0) is 4.79 Å². The molecule has 0 aliphatic carbocycles. The summed E-state index contributed by atoms with van der Waals surface area (Å²) in [5, 5.41) is 8.36. The van der Waals surface area contributed by atoms with Crippen molar-refractivity contribution in [3.05, 3.63) is 35.7 Å². The van der Waals surface area contributed by atoms with Gasteiger partial charge in [-0.1, -0.05) is 0 Å². The molecule has 0 fully saturated rings. The number of aryl methyl sites for hydroxylation is 1. The Balaban J connectivity index is 2.89. The largest absolute Gasteiger partial charge is 0.478 e. The molecule has 0 saturated heterocycles. The molecule has 0 saturated carbocycles. The Bertz CT molecular complexity index is 318. The second-order valence-corrected chi connectivity index (χ2v) is 2.40. The number of nitrogens with zero attached hydrogens (tertiary/aromatic N) is 1. The van der Waals surface area contributed by atoms with Gasteiger partial charge in [0.1, 0.15) is 0 Å². The zero-order chi connectivity index (χ0) is 8.97. The van der Waals surface area contributed by atoms with Crippen LogP contribution < -0.4 is 0 Å². The van der Waals surface area contributed by atoms with E-state index in [1.165, 1.54) is 6.08 Å². The minimum Gasteiger partial charge on any atom is -0.478 e. The van der Waals surface area contributed by atoms with Crippen LogP contribution in [0.4, 0.5) is 0 Å². The van der Waals surface area contributed by atoms with Gasteiger partial charge in [-0.25, -0.2) is 4.79 Å². The molecule has 1 N–H and O–H groups in total. The average molecular weight is 163 g/mol. The molecule has 3 nitrogen and oxygen atoms in total. The van der Waals surface area contributed by atoms with Gasteiger partial charge in [0.2, 0.25) is 0 Å². The van der Waals surface area contributed by atoms with Gasteiger partial charge in [-0.05, 0) is 30.2 Å². The summed E-state index contributed by atoms with van der Waals surface area (Å²) < 4.78 is 0. The fourth-order valence-electron chi connectivity index (χ4n) is 0.812. The summed E-state index contributed by atoms with van der Waals surface area (Å²) in [6.07, 6.45) is 5.94. The lowest BCUT2D eigenvalue weighted by molar-refractivity contribution is -0.131. The topological polar surface area (TPSA) is 50.2 Å². The van der Waals surface area contributed by atoms with Crippen molar-refractivity contribution in [3.63, 3.8) is 0 Å². The van der Waals surface area contributed by atoms with E-state index in [0.29, 0.717) is 0 Å². The maximum Gasteiger partial charge on any atom is 0.328 e. The zero-order valence-corrected chi connectivity index (χ0v) is 6.69. The third kappa shape index (κ3) is 2.20. The Labute approximate surface area is 70.4 Å². The van der Waals surface area contributed by atoms with Gasteiger partial charge in [0.05, 0.1) is 0 Å². The molecule has 12 heavy (non-hydrogen) atoms. The molecule has 0 spiro atoms. The first-order valence-electron chi connectivity index (χ1n) is 3.52. The Kier molecular flexibility index (Phi) is 2.58. The number of aliphatic carboxylic acids is 1. The predicted octanol–water partition coefficient (Wildman–Crippen LogP) is 1.49. The number of carboxylic acid groups (broad SMARTS) is 1. The van der Waals surface area contributed by atoms with Crippen LogP contribution in [0.2, 0.25) is 0 Å². The molecule has 3 heteroatoms. The van der Waals surface area contributed by atoms with Crippen LogP contribution >= 0.6 is 0 Å². The quantitative estimate of drug-likeness (QED) is 0.672. The van der Waals surface area contributed by atoms with Gasteiger partial charge >= 0.3 is 5.97 Å². The van der Waals surface area contributed by atoms with Crippen LogP contribution in [0, 0.1) is 6.92 Å². The van der Waals surface area contributed by atoms with E-state index >= 15 is 0 Å². The maximum atomic E-state index is 10.2. The third-order valence-corrected chi connectivity index (χ3v) is 1.49. The van der Waals surface area contributed by atoms with Crippen LogP contribution in [0.15, 0.2) is 24.5 Å². The first-order chi connectivity index (χ1) is 5.70. The Morgan fingerprint density at radius 3 is 3.00 bits per heavy atom. The lowest BCUT2D eigenvalue weighted by atomic mass is 10.1. The highest BCUT2D eigenvalue weighted by molar-refractivity contribution is 5.85. The number of aromatic nitrogens is 1. The molecule has 0 aliphatic rings. The Morgan fingerprint density at radius 2 is 2.42 bits per heavy atom. The smallest absolute Gasteiger partial charge is 0.328 e. The SMILES string of the molecule is Cc1ccncc1/C=C\C(=O)O. The van der Waals surface area contributed by atoms with Gasteiger partial charge in [-0.2, -0.15) is 0 Å². The van der Waals surface area contributed by atoms with E-state index in [-0.39, 0.29) is 0 Å². The monoisotopic (exact) mass is 163 g/mol. The zero-order valence-electron chi connectivity index (χ0n) is 6.69. The summed E-state index contributed by atoms with van der Waals surface area (Å²) in [5.74, 6) is -0.946. The van der Waals surface area contributed by atoms with Gasteiger partial charge < -0.3 is 5.11 Å². The molecule has 0 aliphatic heterocycles. The first kappa shape index (κ1) is 8.46. The van der Waals surface area contributed by atoms with Gasteiger partial charge in [0.25, 0.3) is 0 Å². The van der Waals surface area contributed by atoms with Crippen LogP contribution in [0.5, 0.6) is 0 Å². The summed E-state index contributed by atoms with van der Waals surface area (Å²) in [4.78, 5) is 14.1. The molecule has 62 valence electrons. The van der Waals surface area contributed by atoms with E-state index in [0.717, 1.165) is 17.2 Å². The van der Waals surface area contributed by atoms with E-state index in [1.54, 1.807) is 12.4 Å². The first-order valence-corrected chi connectivity index (χ1v) is 3.52. The molecule has 1 rings (SSSR count). The second kappa shape index (κ2) is 3.67. The van der Waals surface area contributed by atoms with Crippen LogP contribution in [-0.4, -0.2) is 16.1 Å². The molecule has 1 aromatic rings. The molecule has 0 unspecified atom stereocenters. The number of carboxylic acids is 1. The molecule has 0 amide bonds. The van der Waals surface area contributed by atoms with Crippen molar-refractivity contribution < 1.29 is 9.90 Å². The molecule has 1 aromatic heterocycles. The number of rotatable bonds is 2. The number of carbonyl (C=O) groups is 1. The standard InChI is InChI=1S/C9H9NO2/c1-7-4-5-10-6-8(7)2-3-9(11)12/h2-6H,1H3,(H,11,12)/b3-2-. The molecule has 0 atom stereocenters. The normalized spacial score (nSPS) is 10.4. The molecule has 0 bridgehead atoms. The summed E-state index contributed by atoms with van der Waals surface area (Å²) >= 11 is 0. The van der Waals surface area contributed by atoms with Crippen LogP contribution in [0.1, 0.15) is 11.1 Å². The van der Waals surface area contributed by atoms with Gasteiger partial charge in [-0.15, -0.1) is 0 Å². The summed E-state index contributed by atoms with van der Waals surface area (Å²) in [5.41, 5.74) is 1.85. The Morgan fingerprint density at radius 1 is 1.67 bits per heavy atom. The van der Waals surface area contributed by atoms with Gasteiger partial charge in [-0.3, -0.25) is 4.98 Å². The highest BCUT2D eigenvalue weighted by Gasteiger charge is 1.92. The third-order valence-electron chi connectivity index (χ3n) is 1.49. The van der Waals surface area contributed by atoms with E-state index in [9.17, 15) is 4.79 Å². The fourth-order valence-corrected chi connectivity index (χ4v) is 0.812. The van der Waals surface area contributed by atoms with Crippen LogP contribution in [0.25, 0.3) is 6.08 Å². The van der Waals surface area contributed by atoms with Crippen molar-refractivity contribution in [2.24, 2.45) is 0 Å².